The van der Waals surface area contributed by atoms with Crippen molar-refractivity contribution >= 4 is 0 Å². The van der Waals surface area contributed by atoms with Gasteiger partial charge in [-0.25, -0.2) is 0 Å². The Morgan fingerprint density at radius 1 is 0.727 bits per heavy atom. The molecular weight excluding hydrogens is 264 g/mol. The van der Waals surface area contributed by atoms with Gasteiger partial charge >= 0.3 is 0 Å². The van der Waals surface area contributed by atoms with Gasteiger partial charge in [-0.3, -0.25) is 0 Å². The Balaban J connectivity index is 1.83. The lowest BCUT2D eigenvalue weighted by atomic mass is 9.90. The van der Waals surface area contributed by atoms with Crippen molar-refractivity contribution in [2.24, 2.45) is 11.8 Å². The highest BCUT2D eigenvalue weighted by Crippen LogP contribution is 2.35. The number of hydrogen-bond acceptors (Lipinski definition) is 0. The molecular formula is C22H34. The molecule has 0 saturated carbocycles. The van der Waals surface area contributed by atoms with Crippen LogP contribution in [0.1, 0.15) is 79.1 Å². The summed E-state index contributed by atoms with van der Waals surface area (Å²) in [4.78, 5) is 0. The van der Waals surface area contributed by atoms with Crippen molar-refractivity contribution in [1.29, 1.82) is 0 Å². The normalized spacial score (nSPS) is 24.2. The smallest absolute Gasteiger partial charge is 0.00167 e. The van der Waals surface area contributed by atoms with Crippen LogP contribution < -0.4 is 0 Å². The molecule has 2 atom stereocenters. The summed E-state index contributed by atoms with van der Waals surface area (Å²) in [5.41, 5.74) is 6.34. The Kier molecular flexibility index (Phi) is 6.73. The van der Waals surface area contributed by atoms with Crippen molar-refractivity contribution in [2.45, 2.75) is 79.1 Å². The zero-order valence-corrected chi connectivity index (χ0v) is 15.1. The fourth-order valence-corrected chi connectivity index (χ4v) is 3.73. The van der Waals surface area contributed by atoms with Gasteiger partial charge in [0.05, 0.1) is 0 Å². The highest BCUT2D eigenvalue weighted by molar-refractivity contribution is 5.36. The molecule has 0 aliphatic heterocycles. The molecule has 2 aliphatic carbocycles. The Labute approximate surface area is 138 Å². The zero-order valence-electron chi connectivity index (χ0n) is 15.1. The second-order valence-corrected chi connectivity index (χ2v) is 7.26. The van der Waals surface area contributed by atoms with Crippen LogP contribution in [-0.2, 0) is 0 Å². The molecule has 122 valence electrons. The summed E-state index contributed by atoms with van der Waals surface area (Å²) in [5, 5.41) is 0. The average molecular weight is 299 g/mol. The quantitative estimate of drug-likeness (QED) is 0.424. The summed E-state index contributed by atoms with van der Waals surface area (Å²) in [5.74, 6) is 1.40. The molecule has 2 rings (SSSR count). The highest BCUT2D eigenvalue weighted by atomic mass is 14.2. The second kappa shape index (κ2) is 8.56. The maximum Gasteiger partial charge on any atom is -0.00167 e. The van der Waals surface area contributed by atoms with Gasteiger partial charge in [-0.1, -0.05) is 73.3 Å². The number of hydrogen-bond donors (Lipinski definition) is 0. The minimum absolute atomic E-state index is 0.702. The topological polar surface area (TPSA) is 0 Å². The Morgan fingerprint density at radius 3 is 1.50 bits per heavy atom. The molecule has 2 unspecified atom stereocenters. The van der Waals surface area contributed by atoms with Crippen molar-refractivity contribution in [2.75, 3.05) is 0 Å². The van der Waals surface area contributed by atoms with Gasteiger partial charge in [-0.2, -0.15) is 0 Å². The maximum absolute atomic E-state index is 2.54. The van der Waals surface area contributed by atoms with Crippen LogP contribution in [0.2, 0.25) is 0 Å². The van der Waals surface area contributed by atoms with E-state index in [-0.39, 0.29) is 0 Å². The zero-order chi connectivity index (χ0) is 15.9. The summed E-state index contributed by atoms with van der Waals surface area (Å²) < 4.78 is 0. The Morgan fingerprint density at radius 2 is 1.14 bits per heavy atom. The number of unbranched alkanes of at least 4 members (excludes halogenated alkanes) is 2. The maximum atomic E-state index is 2.54. The van der Waals surface area contributed by atoms with Crippen molar-refractivity contribution < 1.29 is 0 Å². The number of rotatable bonds is 9. The monoisotopic (exact) mass is 298 g/mol. The fourth-order valence-electron chi connectivity index (χ4n) is 3.73. The van der Waals surface area contributed by atoms with Crippen LogP contribution in [0.25, 0.3) is 0 Å². The van der Waals surface area contributed by atoms with Gasteiger partial charge < -0.3 is 0 Å². The van der Waals surface area contributed by atoms with Crippen LogP contribution >= 0.6 is 0 Å². The summed E-state index contributed by atoms with van der Waals surface area (Å²) in [7, 11) is 0. The molecule has 0 aromatic carbocycles. The summed E-state index contributed by atoms with van der Waals surface area (Å²) in [6.45, 7) is 9.20. The van der Waals surface area contributed by atoms with Gasteiger partial charge in [0.15, 0.2) is 0 Å². The highest BCUT2D eigenvalue weighted by Gasteiger charge is 2.20. The van der Waals surface area contributed by atoms with Crippen molar-refractivity contribution in [3.8, 4) is 0 Å². The first-order valence-corrected chi connectivity index (χ1v) is 9.41. The fraction of sp³-hybridized carbons (Fsp3) is 0.636. The van der Waals surface area contributed by atoms with E-state index in [0.717, 1.165) is 0 Å². The number of allylic oxidation sites excluding steroid dienone is 8. The first-order chi connectivity index (χ1) is 10.6. The molecule has 0 aromatic heterocycles. The third-order valence-electron chi connectivity index (χ3n) is 5.25. The molecule has 0 aromatic rings. The standard InChI is InChI=1S/C22H34/c1-5-7-9-19-13-17(3)21(15-19)11-12-22-16-20(10-8-6-2)14-18(22)4/h13-16,21-22H,5-12H2,1-4H3. The van der Waals surface area contributed by atoms with Gasteiger partial charge in [-0.05, 0) is 64.2 Å². The third kappa shape index (κ3) is 4.73. The van der Waals surface area contributed by atoms with E-state index < -0.39 is 0 Å². The molecule has 0 fully saturated rings. The molecule has 0 saturated heterocycles. The van der Waals surface area contributed by atoms with Gasteiger partial charge in [0, 0.05) is 0 Å². The van der Waals surface area contributed by atoms with E-state index in [4.69, 9.17) is 0 Å². The van der Waals surface area contributed by atoms with E-state index in [9.17, 15) is 0 Å². The van der Waals surface area contributed by atoms with E-state index in [2.05, 4.69) is 52.0 Å². The van der Waals surface area contributed by atoms with Gasteiger partial charge in [0.1, 0.15) is 0 Å². The van der Waals surface area contributed by atoms with E-state index >= 15 is 0 Å². The van der Waals surface area contributed by atoms with E-state index in [0.29, 0.717) is 11.8 Å². The van der Waals surface area contributed by atoms with E-state index in [1.807, 2.05) is 0 Å². The van der Waals surface area contributed by atoms with E-state index in [1.54, 1.807) is 22.3 Å². The van der Waals surface area contributed by atoms with Crippen LogP contribution in [0.5, 0.6) is 0 Å². The molecule has 0 amide bonds. The molecule has 0 N–H and O–H groups in total. The van der Waals surface area contributed by atoms with Crippen molar-refractivity contribution in [3.63, 3.8) is 0 Å². The van der Waals surface area contributed by atoms with Crippen molar-refractivity contribution in [3.05, 3.63) is 46.6 Å². The summed E-state index contributed by atoms with van der Waals surface area (Å²) >= 11 is 0. The SMILES string of the molecule is CCCCC1=CC(CCC2C=C(CCCC)C=C2C)C(C)=C1. The van der Waals surface area contributed by atoms with Crippen LogP contribution in [0.4, 0.5) is 0 Å². The van der Waals surface area contributed by atoms with Gasteiger partial charge in [-0.15, -0.1) is 0 Å². The van der Waals surface area contributed by atoms with Crippen LogP contribution in [0.3, 0.4) is 0 Å². The average Bonchev–Trinajstić information content (AvgIpc) is 3.03. The minimum Gasteiger partial charge on any atom is -0.0741 e. The summed E-state index contributed by atoms with van der Waals surface area (Å²) in [6, 6.07) is 0. The van der Waals surface area contributed by atoms with Crippen LogP contribution in [-0.4, -0.2) is 0 Å². The summed E-state index contributed by atoms with van der Waals surface area (Å²) in [6.07, 6.45) is 20.4. The first kappa shape index (κ1) is 17.3. The third-order valence-corrected chi connectivity index (χ3v) is 5.25. The molecule has 0 heterocycles. The Hall–Kier alpha value is -1.04. The van der Waals surface area contributed by atoms with Crippen molar-refractivity contribution in [1.82, 2.24) is 0 Å². The largest absolute Gasteiger partial charge is 0.0741 e. The van der Waals surface area contributed by atoms with Crippen LogP contribution in [0, 0.1) is 11.8 Å². The van der Waals surface area contributed by atoms with E-state index in [1.165, 1.54) is 51.4 Å². The van der Waals surface area contributed by atoms with Crippen LogP contribution in [0.15, 0.2) is 46.6 Å². The molecule has 0 nitrogen and oxygen atoms in total. The first-order valence-electron chi connectivity index (χ1n) is 9.41. The minimum atomic E-state index is 0.702. The van der Waals surface area contributed by atoms with Gasteiger partial charge in [0.25, 0.3) is 0 Å². The molecule has 0 bridgehead atoms. The van der Waals surface area contributed by atoms with Gasteiger partial charge in [0.2, 0.25) is 0 Å². The second-order valence-electron chi connectivity index (χ2n) is 7.26. The molecule has 2 aliphatic rings. The predicted octanol–water partition coefficient (Wildman–Crippen LogP) is 7.15. The molecule has 0 heteroatoms. The lowest BCUT2D eigenvalue weighted by molar-refractivity contribution is 0.570. The molecule has 22 heavy (non-hydrogen) atoms. The Bertz CT molecular complexity index is 438. The molecule has 0 spiro atoms. The molecule has 0 radical (unpaired) electrons. The predicted molar refractivity (Wildman–Crippen MR) is 98.9 cm³/mol. The lowest BCUT2D eigenvalue weighted by Crippen LogP contribution is -2.01. The lowest BCUT2D eigenvalue weighted by Gasteiger charge is -2.14.